The molecule has 0 aliphatic rings. The summed E-state index contributed by atoms with van der Waals surface area (Å²) in [5.41, 5.74) is 0.896. The molecule has 0 N–H and O–H groups in total. The maximum absolute atomic E-state index is 4.35. The second-order valence-corrected chi connectivity index (χ2v) is 5.31. The van der Waals surface area contributed by atoms with Gasteiger partial charge in [0.1, 0.15) is 5.01 Å². The lowest BCUT2D eigenvalue weighted by Crippen LogP contribution is -1.91. The van der Waals surface area contributed by atoms with Crippen LogP contribution in [0.1, 0.15) is 5.01 Å². The van der Waals surface area contributed by atoms with Gasteiger partial charge in [-0.3, -0.25) is 4.98 Å². The number of hydrogen-bond donors (Lipinski definition) is 0. The van der Waals surface area contributed by atoms with E-state index in [1.165, 1.54) is 11.3 Å². The van der Waals surface area contributed by atoms with Crippen LogP contribution in [0, 0.1) is 6.92 Å². The number of fused-ring (bicyclic) bond motifs is 1. The smallest absolute Gasteiger partial charge is 0.234 e. The lowest BCUT2D eigenvalue weighted by atomic mass is 10.3. The van der Waals surface area contributed by atoms with Crippen molar-refractivity contribution in [2.45, 2.75) is 6.92 Å². The first-order valence-electron chi connectivity index (χ1n) is 4.54. The van der Waals surface area contributed by atoms with Crippen LogP contribution in [-0.2, 0) is 0 Å². The molecule has 0 saturated heterocycles. The quantitative estimate of drug-likeness (QED) is 0.691. The Morgan fingerprint density at radius 2 is 2.19 bits per heavy atom. The van der Waals surface area contributed by atoms with E-state index in [0.29, 0.717) is 5.82 Å². The minimum absolute atomic E-state index is 0.716. The average Bonchev–Trinajstić information content (AvgIpc) is 2.76. The van der Waals surface area contributed by atoms with E-state index in [2.05, 4.69) is 36.2 Å². The van der Waals surface area contributed by atoms with Gasteiger partial charge in [-0.15, -0.1) is 10.2 Å². The molecule has 0 aromatic carbocycles. The van der Waals surface area contributed by atoms with Gasteiger partial charge in [-0.2, -0.15) is 9.61 Å². The zero-order valence-corrected chi connectivity index (χ0v) is 10.7. The number of halogens is 1. The van der Waals surface area contributed by atoms with Crippen LogP contribution in [0.2, 0.25) is 0 Å². The third kappa shape index (κ3) is 1.52. The van der Waals surface area contributed by atoms with Crippen molar-refractivity contribution < 1.29 is 0 Å². The molecule has 0 amide bonds. The molecule has 0 radical (unpaired) electrons. The van der Waals surface area contributed by atoms with Gasteiger partial charge in [0.05, 0.1) is 0 Å². The van der Waals surface area contributed by atoms with Crippen molar-refractivity contribution in [1.29, 1.82) is 0 Å². The Morgan fingerprint density at radius 1 is 1.31 bits per heavy atom. The van der Waals surface area contributed by atoms with Gasteiger partial charge < -0.3 is 0 Å². The van der Waals surface area contributed by atoms with Crippen molar-refractivity contribution in [1.82, 2.24) is 24.8 Å². The SMILES string of the molecule is Cc1nn2c(-c3cncc(Br)c3)nnc2s1. The third-order valence-electron chi connectivity index (χ3n) is 2.05. The third-order valence-corrected chi connectivity index (χ3v) is 3.30. The Morgan fingerprint density at radius 3 is 3.00 bits per heavy atom. The second kappa shape index (κ2) is 3.60. The van der Waals surface area contributed by atoms with E-state index < -0.39 is 0 Å². The summed E-state index contributed by atoms with van der Waals surface area (Å²) in [6.45, 7) is 1.95. The highest BCUT2D eigenvalue weighted by atomic mass is 79.9. The first-order chi connectivity index (χ1) is 7.74. The Hall–Kier alpha value is -1.34. The van der Waals surface area contributed by atoms with Crippen molar-refractivity contribution >= 4 is 32.2 Å². The molecule has 5 nitrogen and oxygen atoms in total. The van der Waals surface area contributed by atoms with Gasteiger partial charge in [-0.05, 0) is 28.9 Å². The summed E-state index contributed by atoms with van der Waals surface area (Å²) in [5.74, 6) is 0.716. The molecule has 80 valence electrons. The molecule has 3 aromatic rings. The van der Waals surface area contributed by atoms with Gasteiger partial charge in [0.25, 0.3) is 0 Å². The number of rotatable bonds is 1. The molecule has 0 aliphatic carbocycles. The molecule has 0 spiro atoms. The lowest BCUT2D eigenvalue weighted by Gasteiger charge is -1.96. The summed E-state index contributed by atoms with van der Waals surface area (Å²) in [6, 6.07) is 1.94. The van der Waals surface area contributed by atoms with Crippen LogP contribution in [0.15, 0.2) is 22.9 Å². The summed E-state index contributed by atoms with van der Waals surface area (Å²) < 4.78 is 2.65. The molecule has 0 unspecified atom stereocenters. The minimum atomic E-state index is 0.716. The Kier molecular flexibility index (Phi) is 2.22. The van der Waals surface area contributed by atoms with Crippen LogP contribution in [0.4, 0.5) is 0 Å². The molecular weight excluding hydrogens is 290 g/mol. The molecule has 0 aliphatic heterocycles. The van der Waals surface area contributed by atoms with Gasteiger partial charge in [-0.25, -0.2) is 0 Å². The van der Waals surface area contributed by atoms with Crippen molar-refractivity contribution in [3.05, 3.63) is 27.9 Å². The molecule has 0 fully saturated rings. The fourth-order valence-electron chi connectivity index (χ4n) is 1.43. The fourth-order valence-corrected chi connectivity index (χ4v) is 2.47. The number of aromatic nitrogens is 5. The standard InChI is InChI=1S/C9H6BrN5S/c1-5-14-15-8(12-13-9(15)16-5)6-2-7(10)4-11-3-6/h2-4H,1H3. The van der Waals surface area contributed by atoms with Crippen LogP contribution >= 0.6 is 27.3 Å². The molecule has 3 aromatic heterocycles. The zero-order valence-electron chi connectivity index (χ0n) is 8.25. The van der Waals surface area contributed by atoms with Crippen molar-refractivity contribution in [3.8, 4) is 11.4 Å². The molecule has 16 heavy (non-hydrogen) atoms. The Bertz CT molecular complexity index is 659. The van der Waals surface area contributed by atoms with Crippen LogP contribution in [-0.4, -0.2) is 24.8 Å². The molecule has 7 heteroatoms. The first-order valence-corrected chi connectivity index (χ1v) is 6.15. The van der Waals surface area contributed by atoms with E-state index in [4.69, 9.17) is 0 Å². The monoisotopic (exact) mass is 295 g/mol. The molecule has 3 rings (SSSR count). The van der Waals surface area contributed by atoms with E-state index in [1.54, 1.807) is 16.9 Å². The van der Waals surface area contributed by atoms with Gasteiger partial charge in [-0.1, -0.05) is 11.3 Å². The number of pyridine rings is 1. The number of hydrogen-bond acceptors (Lipinski definition) is 5. The topological polar surface area (TPSA) is 56.0 Å². The van der Waals surface area contributed by atoms with Crippen molar-refractivity contribution in [2.24, 2.45) is 0 Å². The maximum Gasteiger partial charge on any atom is 0.234 e. The van der Waals surface area contributed by atoms with E-state index in [-0.39, 0.29) is 0 Å². The highest BCUT2D eigenvalue weighted by molar-refractivity contribution is 9.10. The summed E-state index contributed by atoms with van der Waals surface area (Å²) in [5, 5.41) is 13.5. The summed E-state index contributed by atoms with van der Waals surface area (Å²) in [7, 11) is 0. The molecular formula is C9H6BrN5S. The van der Waals surface area contributed by atoms with Crippen LogP contribution < -0.4 is 0 Å². The Labute approximate surface area is 103 Å². The van der Waals surface area contributed by atoms with E-state index >= 15 is 0 Å². The minimum Gasteiger partial charge on any atom is -0.263 e. The largest absolute Gasteiger partial charge is 0.263 e. The zero-order chi connectivity index (χ0) is 11.1. The number of aryl methyl sites for hydroxylation is 1. The predicted molar refractivity (Wildman–Crippen MR) is 64.3 cm³/mol. The normalized spacial score (nSPS) is 11.1. The Balaban J connectivity index is 2.25. The molecule has 0 bridgehead atoms. The summed E-state index contributed by atoms with van der Waals surface area (Å²) >= 11 is 4.90. The van der Waals surface area contributed by atoms with Gasteiger partial charge in [0.2, 0.25) is 4.96 Å². The van der Waals surface area contributed by atoms with Crippen molar-refractivity contribution in [3.63, 3.8) is 0 Å². The highest BCUT2D eigenvalue weighted by Gasteiger charge is 2.11. The second-order valence-electron chi connectivity index (χ2n) is 3.23. The number of nitrogens with zero attached hydrogens (tertiary/aromatic N) is 5. The molecule has 0 saturated carbocycles. The van der Waals surface area contributed by atoms with E-state index in [0.717, 1.165) is 20.0 Å². The maximum atomic E-state index is 4.35. The van der Waals surface area contributed by atoms with Gasteiger partial charge in [0, 0.05) is 22.4 Å². The van der Waals surface area contributed by atoms with E-state index in [1.807, 2.05) is 13.0 Å². The van der Waals surface area contributed by atoms with E-state index in [9.17, 15) is 0 Å². The fraction of sp³-hybridized carbons (Fsp3) is 0.111. The highest BCUT2D eigenvalue weighted by Crippen LogP contribution is 2.22. The van der Waals surface area contributed by atoms with Crippen LogP contribution in [0.5, 0.6) is 0 Å². The lowest BCUT2D eigenvalue weighted by molar-refractivity contribution is 0.939. The van der Waals surface area contributed by atoms with Gasteiger partial charge in [0.15, 0.2) is 5.82 Å². The van der Waals surface area contributed by atoms with Crippen LogP contribution in [0.25, 0.3) is 16.3 Å². The molecule has 3 heterocycles. The molecule has 0 atom stereocenters. The first kappa shape index (κ1) is 9.86. The average molecular weight is 296 g/mol. The summed E-state index contributed by atoms with van der Waals surface area (Å²) in [6.07, 6.45) is 3.48. The van der Waals surface area contributed by atoms with Crippen molar-refractivity contribution in [2.75, 3.05) is 0 Å². The van der Waals surface area contributed by atoms with Crippen LogP contribution in [0.3, 0.4) is 0 Å². The van der Waals surface area contributed by atoms with Gasteiger partial charge >= 0.3 is 0 Å². The predicted octanol–water partition coefficient (Wildman–Crippen LogP) is 2.32. The summed E-state index contributed by atoms with van der Waals surface area (Å²) in [4.78, 5) is 4.90.